The average molecular weight is 523 g/mol. The molecule has 1 aromatic carbocycles. The first kappa shape index (κ1) is 32.7. The lowest BCUT2D eigenvalue weighted by Crippen LogP contribution is -2.35. The summed E-state index contributed by atoms with van der Waals surface area (Å²) < 4.78 is 5.17. The predicted molar refractivity (Wildman–Crippen MR) is 157 cm³/mol. The van der Waals surface area contributed by atoms with Crippen LogP contribution in [0.15, 0.2) is 54.1 Å². The van der Waals surface area contributed by atoms with Crippen molar-refractivity contribution in [2.24, 2.45) is 10.9 Å². The van der Waals surface area contributed by atoms with E-state index >= 15 is 0 Å². The van der Waals surface area contributed by atoms with Crippen LogP contribution in [0.25, 0.3) is 0 Å². The van der Waals surface area contributed by atoms with Crippen LogP contribution >= 0.6 is 0 Å². The number of ether oxygens (including phenoxy) is 1. The van der Waals surface area contributed by atoms with E-state index in [0.29, 0.717) is 30.2 Å². The maximum Gasteiger partial charge on any atom is 0.305 e. The van der Waals surface area contributed by atoms with Gasteiger partial charge in [-0.15, -0.1) is 0 Å². The van der Waals surface area contributed by atoms with Gasteiger partial charge in [-0.25, -0.2) is 4.99 Å². The molecule has 0 aliphatic rings. The second kappa shape index (κ2) is 18.1. The number of carbonyl (C=O) groups excluding carboxylic acids is 3. The number of rotatable bonds is 17. The van der Waals surface area contributed by atoms with Crippen molar-refractivity contribution in [2.45, 2.75) is 92.4 Å². The average Bonchev–Trinajstić information content (AvgIpc) is 2.86. The normalized spacial score (nSPS) is 11.6. The van der Waals surface area contributed by atoms with E-state index in [-0.39, 0.29) is 11.7 Å². The van der Waals surface area contributed by atoms with Gasteiger partial charge in [-0.2, -0.15) is 0 Å². The molecule has 0 radical (unpaired) electrons. The van der Waals surface area contributed by atoms with Gasteiger partial charge in [0.2, 0.25) is 5.91 Å². The summed E-state index contributed by atoms with van der Waals surface area (Å²) in [6.07, 6.45) is 12.7. The van der Waals surface area contributed by atoms with Crippen LogP contribution in [0.3, 0.4) is 0 Å². The minimum absolute atomic E-state index is 0.0946. The lowest BCUT2D eigenvalue weighted by Gasteiger charge is -2.13. The molecule has 6 nitrogen and oxygen atoms in total. The number of hydrogen-bond acceptors (Lipinski definition) is 5. The number of allylic oxidation sites excluding steroid dienone is 2. The van der Waals surface area contributed by atoms with E-state index in [9.17, 15) is 14.4 Å². The van der Waals surface area contributed by atoms with E-state index in [2.05, 4.69) is 50.3 Å². The van der Waals surface area contributed by atoms with Crippen LogP contribution in [-0.4, -0.2) is 30.1 Å². The minimum Gasteiger partial charge on any atom is -0.466 e. The van der Waals surface area contributed by atoms with E-state index in [1.54, 1.807) is 6.08 Å². The highest BCUT2D eigenvalue weighted by molar-refractivity contribution is 6.48. The van der Waals surface area contributed by atoms with Crippen LogP contribution in [0.1, 0.15) is 88.8 Å². The van der Waals surface area contributed by atoms with Crippen molar-refractivity contribution < 1.29 is 19.1 Å². The molecule has 0 aromatic heterocycles. The van der Waals surface area contributed by atoms with Crippen LogP contribution in [0, 0.1) is 19.8 Å². The number of nitrogens with zero attached hydrogens (tertiary/aromatic N) is 1. The zero-order valence-electron chi connectivity index (χ0n) is 24.0. The van der Waals surface area contributed by atoms with Crippen molar-refractivity contribution in [3.05, 3.63) is 65.8 Å². The van der Waals surface area contributed by atoms with Crippen LogP contribution in [0.4, 0.5) is 5.69 Å². The van der Waals surface area contributed by atoms with Gasteiger partial charge in [0.1, 0.15) is 5.71 Å². The molecule has 0 bridgehead atoms. The maximum atomic E-state index is 12.9. The number of benzene rings is 1. The Labute approximate surface area is 229 Å². The summed E-state index contributed by atoms with van der Waals surface area (Å²) in [5, 5.41) is 2.29. The second-order valence-electron chi connectivity index (χ2n) is 10.1. The van der Waals surface area contributed by atoms with Crippen molar-refractivity contribution in [3.8, 4) is 0 Å². The van der Waals surface area contributed by atoms with E-state index in [4.69, 9.17) is 4.74 Å². The quantitative estimate of drug-likeness (QED) is 0.0771. The molecule has 6 heteroatoms. The molecule has 38 heavy (non-hydrogen) atoms. The van der Waals surface area contributed by atoms with E-state index in [1.165, 1.54) is 5.56 Å². The van der Waals surface area contributed by atoms with Gasteiger partial charge in [0.25, 0.3) is 5.91 Å². The fourth-order valence-corrected chi connectivity index (χ4v) is 3.84. The summed E-state index contributed by atoms with van der Waals surface area (Å²) in [6.45, 7) is 18.4. The fourth-order valence-electron chi connectivity index (χ4n) is 3.84. The smallest absolute Gasteiger partial charge is 0.305 e. The standard InChI is InChI=1S/C32H46N2O4/c1-8-10-19-38-30(36)18-16-14-12-11-13-15-17-24(5)31(32(37)34-29(35)9-2)33-28-22-25(6)27(20-23(3)4)21-26(28)7/h9,15,17,21-23H,2,5,8,10-14,16,18-20H2,1,3-4,6-7H3,(H,34,35,37). The Balaban J connectivity index is 2.81. The maximum absolute atomic E-state index is 12.9. The predicted octanol–water partition coefficient (Wildman–Crippen LogP) is 7.20. The number of carbonyl (C=O) groups is 3. The third-order valence-electron chi connectivity index (χ3n) is 6.04. The second-order valence-corrected chi connectivity index (χ2v) is 10.1. The number of unbranched alkanes of at least 4 members (excludes halogenated alkanes) is 5. The van der Waals surface area contributed by atoms with Crippen LogP contribution in [0.2, 0.25) is 0 Å². The van der Waals surface area contributed by atoms with Crippen molar-refractivity contribution in [3.63, 3.8) is 0 Å². The third kappa shape index (κ3) is 12.8. The highest BCUT2D eigenvalue weighted by Crippen LogP contribution is 2.26. The Morgan fingerprint density at radius 1 is 1.05 bits per heavy atom. The van der Waals surface area contributed by atoms with Crippen molar-refractivity contribution in [1.29, 1.82) is 0 Å². The molecule has 0 saturated carbocycles. The summed E-state index contributed by atoms with van der Waals surface area (Å²) >= 11 is 0. The molecule has 208 valence electrons. The summed E-state index contributed by atoms with van der Waals surface area (Å²) in [5.41, 5.74) is 4.53. The Kier molecular flexibility index (Phi) is 15.6. The summed E-state index contributed by atoms with van der Waals surface area (Å²) in [4.78, 5) is 40.9. The van der Waals surface area contributed by atoms with Gasteiger partial charge in [-0.05, 0) is 86.3 Å². The largest absolute Gasteiger partial charge is 0.466 e. The molecule has 0 aliphatic carbocycles. The first-order valence-corrected chi connectivity index (χ1v) is 13.8. The lowest BCUT2D eigenvalue weighted by atomic mass is 9.96. The first-order valence-electron chi connectivity index (χ1n) is 13.8. The molecule has 1 rings (SSSR count). The van der Waals surface area contributed by atoms with E-state index < -0.39 is 11.8 Å². The molecule has 0 unspecified atom stereocenters. The van der Waals surface area contributed by atoms with E-state index in [0.717, 1.165) is 68.6 Å². The summed E-state index contributed by atoms with van der Waals surface area (Å²) in [5.74, 6) is -0.784. The van der Waals surface area contributed by atoms with Gasteiger partial charge in [0.05, 0.1) is 12.3 Å². The minimum atomic E-state index is -0.612. The molecule has 1 aromatic rings. The number of esters is 1. The Morgan fingerprint density at radius 3 is 2.42 bits per heavy atom. The van der Waals surface area contributed by atoms with Gasteiger partial charge < -0.3 is 4.74 Å². The molecule has 0 heterocycles. The molecule has 0 fully saturated rings. The monoisotopic (exact) mass is 522 g/mol. The highest BCUT2D eigenvalue weighted by Gasteiger charge is 2.17. The van der Waals surface area contributed by atoms with Gasteiger partial charge >= 0.3 is 5.97 Å². The molecular weight excluding hydrogens is 476 g/mol. The van der Waals surface area contributed by atoms with Crippen molar-refractivity contribution in [1.82, 2.24) is 5.32 Å². The molecule has 0 atom stereocenters. The van der Waals surface area contributed by atoms with Crippen LogP contribution in [-0.2, 0) is 25.5 Å². The van der Waals surface area contributed by atoms with E-state index in [1.807, 2.05) is 26.0 Å². The molecular formula is C32H46N2O4. The number of nitrogens with one attached hydrogen (secondary N) is 1. The first-order chi connectivity index (χ1) is 18.1. The van der Waals surface area contributed by atoms with Crippen LogP contribution in [0.5, 0.6) is 0 Å². The number of hydrogen-bond donors (Lipinski definition) is 1. The molecule has 2 amide bonds. The third-order valence-corrected chi connectivity index (χ3v) is 6.04. The number of imide groups is 1. The van der Waals surface area contributed by atoms with Gasteiger partial charge in [-0.3, -0.25) is 19.7 Å². The van der Waals surface area contributed by atoms with Crippen molar-refractivity contribution in [2.75, 3.05) is 6.61 Å². The van der Waals surface area contributed by atoms with Gasteiger partial charge in [-0.1, -0.05) is 71.4 Å². The molecule has 1 N–H and O–H groups in total. The zero-order valence-corrected chi connectivity index (χ0v) is 24.0. The van der Waals surface area contributed by atoms with Crippen LogP contribution < -0.4 is 5.32 Å². The number of aryl methyl sites for hydroxylation is 2. The molecule has 0 aliphatic heterocycles. The fraction of sp³-hybridized carbons (Fsp3) is 0.500. The Morgan fingerprint density at radius 2 is 1.76 bits per heavy atom. The zero-order chi connectivity index (χ0) is 28.5. The SMILES string of the molecule is C=CC(=O)NC(=O)C(=Nc1cc(C)c(CC(C)C)cc1C)C(=C)C=CCCCCCCC(=O)OCCCC. The topological polar surface area (TPSA) is 84.8 Å². The van der Waals surface area contributed by atoms with Gasteiger partial charge in [0.15, 0.2) is 0 Å². The van der Waals surface area contributed by atoms with Gasteiger partial charge in [0, 0.05) is 6.42 Å². The number of aliphatic imine (C=N–C) groups is 1. The Hall–Kier alpha value is -3.28. The lowest BCUT2D eigenvalue weighted by molar-refractivity contribution is -0.143. The molecule has 0 spiro atoms. The highest BCUT2D eigenvalue weighted by atomic mass is 16.5. The molecule has 0 saturated heterocycles. The Bertz CT molecular complexity index is 1030. The van der Waals surface area contributed by atoms with Crippen molar-refractivity contribution >= 4 is 29.2 Å². The summed E-state index contributed by atoms with van der Waals surface area (Å²) in [7, 11) is 0. The summed E-state index contributed by atoms with van der Waals surface area (Å²) in [6, 6.07) is 4.09. The number of amides is 2.